The van der Waals surface area contributed by atoms with Crippen molar-refractivity contribution in [2.45, 2.75) is 31.7 Å². The third kappa shape index (κ3) is 4.25. The topological polar surface area (TPSA) is 74.1 Å². The van der Waals surface area contributed by atoms with Gasteiger partial charge in [-0.05, 0) is 25.0 Å². The number of hydrogen-bond donors (Lipinski definition) is 2. The van der Waals surface area contributed by atoms with E-state index in [9.17, 15) is 4.79 Å². The molecule has 110 valence electrons. The van der Waals surface area contributed by atoms with Crippen LogP contribution in [0.25, 0.3) is 0 Å². The van der Waals surface area contributed by atoms with E-state index in [0.717, 1.165) is 31.4 Å². The molecule has 2 N–H and O–H groups in total. The molecule has 0 heterocycles. The number of hydrogen-bond acceptors (Lipinski definition) is 4. The van der Waals surface area contributed by atoms with Crippen LogP contribution in [0.5, 0.6) is 5.75 Å². The maximum Gasteiger partial charge on any atom is 0.263 e. The highest BCUT2D eigenvalue weighted by Gasteiger charge is 2.19. The van der Waals surface area contributed by atoms with Crippen LogP contribution in [0.2, 0.25) is 0 Å². The van der Waals surface area contributed by atoms with Crippen molar-refractivity contribution in [2.24, 2.45) is 0 Å². The van der Waals surface area contributed by atoms with Gasteiger partial charge in [0.2, 0.25) is 0 Å². The van der Waals surface area contributed by atoms with Crippen molar-refractivity contribution in [3.63, 3.8) is 0 Å². The Hall–Kier alpha value is -2.48. The quantitative estimate of drug-likeness (QED) is 0.644. The fraction of sp³-hybridized carbons (Fsp3) is 0.375. The highest BCUT2D eigenvalue weighted by Crippen LogP contribution is 2.19. The molecule has 0 radical (unpaired) electrons. The molecule has 0 aliphatic heterocycles. The van der Waals surface area contributed by atoms with Gasteiger partial charge in [0, 0.05) is 24.0 Å². The maximum atomic E-state index is 12.0. The summed E-state index contributed by atoms with van der Waals surface area (Å²) in [4.78, 5) is 12.0. The van der Waals surface area contributed by atoms with Crippen molar-refractivity contribution < 1.29 is 9.53 Å². The first-order chi connectivity index (χ1) is 10.2. The largest absolute Gasteiger partial charge is 0.497 e. The summed E-state index contributed by atoms with van der Waals surface area (Å²) in [6, 6.07) is 9.42. The van der Waals surface area contributed by atoms with Crippen LogP contribution in [0.15, 0.2) is 36.0 Å². The zero-order valence-corrected chi connectivity index (χ0v) is 12.1. The number of nitriles is 1. The van der Waals surface area contributed by atoms with E-state index in [0.29, 0.717) is 5.75 Å². The summed E-state index contributed by atoms with van der Waals surface area (Å²) in [5.74, 6) is 0.391. The van der Waals surface area contributed by atoms with Gasteiger partial charge in [-0.1, -0.05) is 18.9 Å². The molecule has 2 rings (SSSR count). The Bertz CT molecular complexity index is 569. The van der Waals surface area contributed by atoms with Crippen molar-refractivity contribution in [1.82, 2.24) is 5.32 Å². The Morgan fingerprint density at radius 2 is 2.19 bits per heavy atom. The van der Waals surface area contributed by atoms with Gasteiger partial charge in [-0.15, -0.1) is 0 Å². The molecule has 5 nitrogen and oxygen atoms in total. The zero-order valence-electron chi connectivity index (χ0n) is 12.1. The number of nitrogens with zero attached hydrogens (tertiary/aromatic N) is 1. The first-order valence-electron chi connectivity index (χ1n) is 7.04. The van der Waals surface area contributed by atoms with Gasteiger partial charge in [0.05, 0.1) is 7.11 Å². The summed E-state index contributed by atoms with van der Waals surface area (Å²) in [6.45, 7) is 0. The van der Waals surface area contributed by atoms with Crippen molar-refractivity contribution in [3.05, 3.63) is 36.0 Å². The van der Waals surface area contributed by atoms with E-state index in [4.69, 9.17) is 10.00 Å². The predicted molar refractivity (Wildman–Crippen MR) is 80.7 cm³/mol. The Labute approximate surface area is 124 Å². The first kappa shape index (κ1) is 14.9. The van der Waals surface area contributed by atoms with Gasteiger partial charge < -0.3 is 15.4 Å². The molecule has 21 heavy (non-hydrogen) atoms. The second-order valence-corrected chi connectivity index (χ2v) is 5.00. The summed E-state index contributed by atoms with van der Waals surface area (Å²) in [5, 5.41) is 15.0. The molecule has 5 heteroatoms. The number of amides is 1. The molecular formula is C16H19N3O2. The minimum atomic E-state index is -0.320. The maximum absolute atomic E-state index is 12.0. The van der Waals surface area contributed by atoms with Crippen molar-refractivity contribution in [1.29, 1.82) is 5.26 Å². The summed E-state index contributed by atoms with van der Waals surface area (Å²) < 4.78 is 5.12. The van der Waals surface area contributed by atoms with E-state index < -0.39 is 0 Å². The van der Waals surface area contributed by atoms with Crippen LogP contribution in [0.1, 0.15) is 25.7 Å². The van der Waals surface area contributed by atoms with Crippen LogP contribution in [0, 0.1) is 11.3 Å². The highest BCUT2D eigenvalue weighted by atomic mass is 16.5. The van der Waals surface area contributed by atoms with Gasteiger partial charge in [0.1, 0.15) is 17.4 Å². The van der Waals surface area contributed by atoms with Crippen LogP contribution in [-0.2, 0) is 4.79 Å². The molecule has 1 aliphatic carbocycles. The van der Waals surface area contributed by atoms with E-state index in [-0.39, 0.29) is 17.5 Å². The number of carbonyl (C=O) groups excluding carboxylic acids is 1. The van der Waals surface area contributed by atoms with Crippen LogP contribution in [0.4, 0.5) is 5.69 Å². The Balaban J connectivity index is 1.99. The average Bonchev–Trinajstić information content (AvgIpc) is 3.01. The molecular weight excluding hydrogens is 266 g/mol. The zero-order chi connectivity index (χ0) is 15.1. The number of benzene rings is 1. The predicted octanol–water partition coefficient (Wildman–Crippen LogP) is 2.57. The standard InChI is InChI=1S/C16H19N3O2/c1-21-15-8-4-7-14(9-15)18-11-12(10-17)16(20)19-13-5-2-3-6-13/h4,7-9,11,13,18H,2-3,5-6H2,1H3,(H,19,20)/b12-11-. The van der Waals surface area contributed by atoms with Gasteiger partial charge >= 0.3 is 0 Å². The Morgan fingerprint density at radius 1 is 1.43 bits per heavy atom. The van der Waals surface area contributed by atoms with Gasteiger partial charge in [0.25, 0.3) is 5.91 Å². The normalized spacial score (nSPS) is 15.3. The lowest BCUT2D eigenvalue weighted by Crippen LogP contribution is -2.33. The Kier molecular flexibility index (Phi) is 5.22. The number of rotatable bonds is 5. The molecule has 1 fully saturated rings. The lowest BCUT2D eigenvalue weighted by Gasteiger charge is -2.11. The number of ether oxygens (including phenoxy) is 1. The molecule has 1 aromatic carbocycles. The van der Waals surface area contributed by atoms with E-state index in [1.807, 2.05) is 24.3 Å². The molecule has 0 unspecified atom stereocenters. The SMILES string of the molecule is COc1cccc(N/C=C(/C#N)C(=O)NC2CCCC2)c1. The fourth-order valence-corrected chi connectivity index (χ4v) is 2.35. The molecule has 0 aromatic heterocycles. The smallest absolute Gasteiger partial charge is 0.263 e. The number of anilines is 1. The molecule has 1 saturated carbocycles. The number of methoxy groups -OCH3 is 1. The Morgan fingerprint density at radius 3 is 2.86 bits per heavy atom. The van der Waals surface area contributed by atoms with E-state index in [2.05, 4.69) is 10.6 Å². The average molecular weight is 285 g/mol. The van der Waals surface area contributed by atoms with Gasteiger partial charge in [-0.2, -0.15) is 5.26 Å². The lowest BCUT2D eigenvalue weighted by atomic mass is 10.2. The molecule has 1 amide bonds. The van der Waals surface area contributed by atoms with Gasteiger partial charge in [0.15, 0.2) is 0 Å². The third-order valence-electron chi connectivity index (χ3n) is 3.51. The van der Waals surface area contributed by atoms with Crippen molar-refractivity contribution in [2.75, 3.05) is 12.4 Å². The lowest BCUT2D eigenvalue weighted by molar-refractivity contribution is -0.117. The molecule has 0 bridgehead atoms. The summed E-state index contributed by atoms with van der Waals surface area (Å²) >= 11 is 0. The summed E-state index contributed by atoms with van der Waals surface area (Å²) in [7, 11) is 1.59. The second kappa shape index (κ2) is 7.34. The summed E-state index contributed by atoms with van der Waals surface area (Å²) in [6.07, 6.45) is 5.69. The van der Waals surface area contributed by atoms with Crippen LogP contribution in [0.3, 0.4) is 0 Å². The second-order valence-electron chi connectivity index (χ2n) is 5.00. The van der Waals surface area contributed by atoms with Crippen LogP contribution >= 0.6 is 0 Å². The molecule has 0 saturated heterocycles. The van der Waals surface area contributed by atoms with E-state index in [1.54, 1.807) is 13.2 Å². The molecule has 0 spiro atoms. The highest BCUT2D eigenvalue weighted by molar-refractivity contribution is 5.97. The van der Waals surface area contributed by atoms with Gasteiger partial charge in [-0.3, -0.25) is 4.79 Å². The number of nitrogens with one attached hydrogen (secondary N) is 2. The molecule has 1 aliphatic rings. The van der Waals surface area contributed by atoms with Crippen LogP contribution in [-0.4, -0.2) is 19.1 Å². The molecule has 1 aromatic rings. The molecule has 0 atom stereocenters. The number of carbonyl (C=O) groups is 1. The van der Waals surface area contributed by atoms with E-state index in [1.165, 1.54) is 6.20 Å². The van der Waals surface area contributed by atoms with Crippen molar-refractivity contribution >= 4 is 11.6 Å². The first-order valence-corrected chi connectivity index (χ1v) is 7.04. The van der Waals surface area contributed by atoms with E-state index >= 15 is 0 Å². The van der Waals surface area contributed by atoms with Crippen LogP contribution < -0.4 is 15.4 Å². The van der Waals surface area contributed by atoms with Gasteiger partial charge in [-0.25, -0.2) is 0 Å². The third-order valence-corrected chi connectivity index (χ3v) is 3.51. The minimum Gasteiger partial charge on any atom is -0.497 e. The fourth-order valence-electron chi connectivity index (χ4n) is 2.35. The summed E-state index contributed by atoms with van der Waals surface area (Å²) in [5.41, 5.74) is 0.834. The monoisotopic (exact) mass is 285 g/mol. The minimum absolute atomic E-state index is 0.0738. The van der Waals surface area contributed by atoms with Crippen molar-refractivity contribution in [3.8, 4) is 11.8 Å².